The predicted molar refractivity (Wildman–Crippen MR) is 69.4 cm³/mol. The Morgan fingerprint density at radius 2 is 2.00 bits per heavy atom. The first-order chi connectivity index (χ1) is 7.76. The lowest BCUT2D eigenvalue weighted by atomic mass is 9.85. The van der Waals surface area contributed by atoms with E-state index in [9.17, 15) is 4.79 Å². The molecule has 0 atom stereocenters. The first-order valence-electron chi connectivity index (χ1n) is 6.59. The molecule has 0 aromatic carbocycles. The van der Waals surface area contributed by atoms with Crippen LogP contribution in [0.3, 0.4) is 0 Å². The molecule has 1 heteroatoms. The molecule has 1 fully saturated rings. The van der Waals surface area contributed by atoms with Crippen LogP contribution in [0.25, 0.3) is 0 Å². The van der Waals surface area contributed by atoms with Gasteiger partial charge >= 0.3 is 0 Å². The average Bonchev–Trinajstić information content (AvgIpc) is 2.29. The Morgan fingerprint density at radius 3 is 2.56 bits per heavy atom. The minimum Gasteiger partial charge on any atom is -0.299 e. The topological polar surface area (TPSA) is 17.1 Å². The van der Waals surface area contributed by atoms with Gasteiger partial charge in [-0.15, -0.1) is 0 Å². The van der Waals surface area contributed by atoms with Crippen LogP contribution in [0.4, 0.5) is 0 Å². The van der Waals surface area contributed by atoms with Crippen LogP contribution in [0.1, 0.15) is 58.3 Å². The van der Waals surface area contributed by atoms with E-state index in [1.807, 2.05) is 6.08 Å². The zero-order chi connectivity index (χ0) is 11.8. The van der Waals surface area contributed by atoms with Crippen molar-refractivity contribution in [3.8, 4) is 0 Å². The largest absolute Gasteiger partial charge is 0.299 e. The van der Waals surface area contributed by atoms with Gasteiger partial charge in [0.1, 0.15) is 5.78 Å². The zero-order valence-electron chi connectivity index (χ0n) is 10.5. The Balaban J connectivity index is 2.33. The molecule has 0 aliphatic heterocycles. The van der Waals surface area contributed by atoms with E-state index in [1.165, 1.54) is 32.1 Å². The molecule has 0 heterocycles. The Kier molecular flexibility index (Phi) is 6.14. The minimum atomic E-state index is 0.395. The van der Waals surface area contributed by atoms with Gasteiger partial charge in [0, 0.05) is 12.8 Å². The average molecular weight is 220 g/mol. The van der Waals surface area contributed by atoms with Gasteiger partial charge in [0.15, 0.2) is 0 Å². The van der Waals surface area contributed by atoms with Gasteiger partial charge in [0.2, 0.25) is 0 Å². The SMILES string of the molecule is C=C/C(=C\CC)CC(=O)CC1CCCCC1. The molecule has 0 spiro atoms. The van der Waals surface area contributed by atoms with Crippen molar-refractivity contribution in [2.75, 3.05) is 0 Å². The highest BCUT2D eigenvalue weighted by atomic mass is 16.1. The number of hydrogen-bond donors (Lipinski definition) is 0. The van der Waals surface area contributed by atoms with Crippen LogP contribution in [0.5, 0.6) is 0 Å². The van der Waals surface area contributed by atoms with Crippen molar-refractivity contribution in [1.82, 2.24) is 0 Å². The molecular formula is C15H24O. The van der Waals surface area contributed by atoms with Gasteiger partial charge in [0.05, 0.1) is 0 Å². The third-order valence-corrected chi connectivity index (χ3v) is 3.37. The molecule has 0 saturated heterocycles. The van der Waals surface area contributed by atoms with Gasteiger partial charge in [-0.1, -0.05) is 57.8 Å². The molecule has 1 aliphatic rings. The Labute approximate surface area is 99.6 Å². The molecule has 0 aromatic rings. The number of carbonyl (C=O) groups is 1. The number of hydrogen-bond acceptors (Lipinski definition) is 1. The maximum atomic E-state index is 11.9. The number of ketones is 1. The van der Waals surface area contributed by atoms with E-state index < -0.39 is 0 Å². The highest BCUT2D eigenvalue weighted by Gasteiger charge is 2.16. The van der Waals surface area contributed by atoms with Crippen LogP contribution in [0.2, 0.25) is 0 Å². The fourth-order valence-corrected chi connectivity index (χ4v) is 2.50. The predicted octanol–water partition coefficient (Wildman–Crippen LogP) is 4.44. The van der Waals surface area contributed by atoms with Gasteiger partial charge in [-0.3, -0.25) is 4.79 Å². The van der Waals surface area contributed by atoms with Crippen molar-refractivity contribution in [1.29, 1.82) is 0 Å². The van der Waals surface area contributed by atoms with Crippen LogP contribution in [0, 0.1) is 5.92 Å². The molecule has 90 valence electrons. The lowest BCUT2D eigenvalue weighted by Gasteiger charge is -2.20. The Morgan fingerprint density at radius 1 is 1.31 bits per heavy atom. The third-order valence-electron chi connectivity index (χ3n) is 3.37. The molecule has 0 radical (unpaired) electrons. The molecular weight excluding hydrogens is 196 g/mol. The summed E-state index contributed by atoms with van der Waals surface area (Å²) in [5.74, 6) is 1.06. The normalized spacial score (nSPS) is 18.4. The smallest absolute Gasteiger partial charge is 0.137 e. The van der Waals surface area contributed by atoms with Crippen LogP contribution >= 0.6 is 0 Å². The van der Waals surface area contributed by atoms with E-state index in [4.69, 9.17) is 0 Å². The number of carbonyl (C=O) groups excluding carboxylic acids is 1. The van der Waals surface area contributed by atoms with Crippen molar-refractivity contribution in [2.45, 2.75) is 58.3 Å². The third kappa shape index (κ3) is 4.78. The van der Waals surface area contributed by atoms with E-state index >= 15 is 0 Å². The van der Waals surface area contributed by atoms with E-state index in [0.717, 1.165) is 18.4 Å². The molecule has 1 aliphatic carbocycles. The number of rotatable bonds is 6. The van der Waals surface area contributed by atoms with Gasteiger partial charge in [-0.05, 0) is 17.9 Å². The van der Waals surface area contributed by atoms with Crippen LogP contribution < -0.4 is 0 Å². The maximum Gasteiger partial charge on any atom is 0.137 e. The summed E-state index contributed by atoms with van der Waals surface area (Å²) in [7, 11) is 0. The molecule has 0 N–H and O–H groups in total. The lowest BCUT2D eigenvalue weighted by molar-refractivity contribution is -0.119. The second-order valence-electron chi connectivity index (χ2n) is 4.82. The summed E-state index contributed by atoms with van der Waals surface area (Å²) in [5.41, 5.74) is 1.10. The monoisotopic (exact) mass is 220 g/mol. The highest BCUT2D eigenvalue weighted by Crippen LogP contribution is 2.27. The number of allylic oxidation sites excluding steroid dienone is 3. The van der Waals surface area contributed by atoms with Gasteiger partial charge in [-0.2, -0.15) is 0 Å². The van der Waals surface area contributed by atoms with E-state index in [0.29, 0.717) is 18.1 Å². The summed E-state index contributed by atoms with van der Waals surface area (Å²) in [6, 6.07) is 0. The molecule has 16 heavy (non-hydrogen) atoms. The summed E-state index contributed by atoms with van der Waals surface area (Å²) in [6.07, 6.45) is 12.8. The molecule has 1 rings (SSSR count). The van der Waals surface area contributed by atoms with E-state index in [1.54, 1.807) is 0 Å². The van der Waals surface area contributed by atoms with Gasteiger partial charge < -0.3 is 0 Å². The summed E-state index contributed by atoms with van der Waals surface area (Å²) >= 11 is 0. The van der Waals surface area contributed by atoms with Gasteiger partial charge in [-0.25, -0.2) is 0 Å². The number of Topliss-reactive ketones (excluding diaryl/α,β-unsaturated/α-hetero) is 1. The van der Waals surface area contributed by atoms with Crippen molar-refractivity contribution in [3.63, 3.8) is 0 Å². The Hall–Kier alpha value is -0.850. The minimum absolute atomic E-state index is 0.395. The van der Waals surface area contributed by atoms with Crippen molar-refractivity contribution in [2.24, 2.45) is 5.92 Å². The van der Waals surface area contributed by atoms with Crippen LogP contribution in [-0.2, 0) is 4.79 Å². The molecule has 1 saturated carbocycles. The van der Waals surface area contributed by atoms with Crippen LogP contribution in [-0.4, -0.2) is 5.78 Å². The standard InChI is InChI=1S/C15H24O/c1-3-8-13(4-2)11-15(16)12-14-9-6-5-7-10-14/h4,8,14H,2-3,5-7,9-12H2,1H3/b13-8+. The zero-order valence-corrected chi connectivity index (χ0v) is 10.5. The fourth-order valence-electron chi connectivity index (χ4n) is 2.50. The van der Waals surface area contributed by atoms with Crippen molar-refractivity contribution in [3.05, 3.63) is 24.3 Å². The highest BCUT2D eigenvalue weighted by molar-refractivity contribution is 5.81. The first kappa shape index (κ1) is 13.2. The molecule has 0 amide bonds. The maximum absolute atomic E-state index is 11.9. The van der Waals surface area contributed by atoms with Gasteiger partial charge in [0.25, 0.3) is 0 Å². The molecule has 0 unspecified atom stereocenters. The van der Waals surface area contributed by atoms with Crippen LogP contribution in [0.15, 0.2) is 24.3 Å². The lowest BCUT2D eigenvalue weighted by Crippen LogP contribution is -2.12. The second-order valence-corrected chi connectivity index (χ2v) is 4.82. The van der Waals surface area contributed by atoms with E-state index in [2.05, 4.69) is 19.6 Å². The first-order valence-corrected chi connectivity index (χ1v) is 6.59. The summed E-state index contributed by atoms with van der Waals surface area (Å²) in [4.78, 5) is 11.9. The van der Waals surface area contributed by atoms with Crippen molar-refractivity contribution >= 4 is 5.78 Å². The van der Waals surface area contributed by atoms with Crippen molar-refractivity contribution < 1.29 is 4.79 Å². The quantitative estimate of drug-likeness (QED) is 0.605. The van der Waals surface area contributed by atoms with E-state index in [-0.39, 0.29) is 0 Å². The fraction of sp³-hybridized carbons (Fsp3) is 0.667. The molecule has 1 nitrogen and oxygen atoms in total. The molecule has 0 aromatic heterocycles. The summed E-state index contributed by atoms with van der Waals surface area (Å²) < 4.78 is 0. The second kappa shape index (κ2) is 7.43. The molecule has 0 bridgehead atoms. The summed E-state index contributed by atoms with van der Waals surface area (Å²) in [6.45, 7) is 5.85. The summed E-state index contributed by atoms with van der Waals surface area (Å²) in [5, 5.41) is 0. The Bertz CT molecular complexity index is 257.